The van der Waals surface area contributed by atoms with Crippen molar-refractivity contribution < 1.29 is 9.53 Å². The van der Waals surface area contributed by atoms with Gasteiger partial charge in [-0.2, -0.15) is 0 Å². The van der Waals surface area contributed by atoms with Crippen LogP contribution in [0.25, 0.3) is 0 Å². The largest absolute Gasteiger partial charge is 0.378 e. The molecule has 152 valence electrons. The zero-order valence-corrected chi connectivity index (χ0v) is 17.2. The van der Waals surface area contributed by atoms with E-state index >= 15 is 0 Å². The first kappa shape index (κ1) is 22.2. The molecule has 6 nitrogen and oxygen atoms in total. The third-order valence-electron chi connectivity index (χ3n) is 5.70. The third kappa shape index (κ3) is 5.70. The van der Waals surface area contributed by atoms with Crippen LogP contribution in [-0.4, -0.2) is 49.3 Å². The summed E-state index contributed by atoms with van der Waals surface area (Å²) >= 11 is 0. The predicted molar refractivity (Wildman–Crippen MR) is 111 cm³/mol. The van der Waals surface area contributed by atoms with Crippen molar-refractivity contribution in [1.29, 1.82) is 0 Å². The summed E-state index contributed by atoms with van der Waals surface area (Å²) in [5.74, 6) is 1.68. The quantitative estimate of drug-likeness (QED) is 0.770. The highest BCUT2D eigenvalue weighted by Gasteiger charge is 2.34. The van der Waals surface area contributed by atoms with E-state index in [1.807, 2.05) is 12.3 Å². The number of nitrogens with one attached hydrogen (secondary N) is 2. The molecule has 4 rings (SSSR count). The van der Waals surface area contributed by atoms with Gasteiger partial charge >= 0.3 is 0 Å². The summed E-state index contributed by atoms with van der Waals surface area (Å²) in [5.41, 5.74) is 1.09. The normalized spacial score (nSPS) is 26.7. The number of hydrogen-bond donors (Lipinski definition) is 2. The van der Waals surface area contributed by atoms with Crippen LogP contribution in [0.4, 0.5) is 5.82 Å². The molecule has 0 radical (unpaired) electrons. The molecule has 1 aromatic heterocycles. The second-order valence-electron chi connectivity index (χ2n) is 7.54. The number of pyridine rings is 1. The first-order valence-corrected chi connectivity index (χ1v) is 9.57. The van der Waals surface area contributed by atoms with E-state index < -0.39 is 0 Å². The van der Waals surface area contributed by atoms with Crippen LogP contribution in [0, 0.1) is 5.92 Å². The van der Waals surface area contributed by atoms with Gasteiger partial charge in [-0.15, -0.1) is 24.8 Å². The fraction of sp³-hybridized carbons (Fsp3) is 0.684. The Morgan fingerprint density at radius 3 is 2.63 bits per heavy atom. The molecule has 0 spiro atoms. The van der Waals surface area contributed by atoms with Gasteiger partial charge < -0.3 is 20.3 Å². The number of amides is 1. The van der Waals surface area contributed by atoms with Crippen LogP contribution in [0.1, 0.15) is 37.7 Å². The molecular weight excluding hydrogens is 387 g/mol. The molecule has 4 heterocycles. The summed E-state index contributed by atoms with van der Waals surface area (Å²) in [7, 11) is 0. The van der Waals surface area contributed by atoms with E-state index in [4.69, 9.17) is 4.74 Å². The van der Waals surface area contributed by atoms with E-state index in [9.17, 15) is 4.79 Å². The van der Waals surface area contributed by atoms with Crippen molar-refractivity contribution in [2.75, 3.05) is 31.2 Å². The smallest absolute Gasteiger partial charge is 0.220 e. The van der Waals surface area contributed by atoms with E-state index in [1.165, 1.54) is 12.8 Å². The van der Waals surface area contributed by atoms with Gasteiger partial charge in [0.05, 0.1) is 13.2 Å². The van der Waals surface area contributed by atoms with E-state index in [2.05, 4.69) is 26.6 Å². The summed E-state index contributed by atoms with van der Waals surface area (Å²) < 4.78 is 5.42. The standard InChI is InChI=1S/C19H28N4O2.2ClH/c24-18(12-14-10-16-3-4-17(11-14)22-16)21-13-15-2-1-5-20-19(15)23-6-8-25-9-7-23;;/h1-2,5,14,16-17,22H,3-4,6-13H2,(H,21,24);2*1H. The Morgan fingerprint density at radius 1 is 1.22 bits per heavy atom. The molecule has 27 heavy (non-hydrogen) atoms. The number of halogens is 2. The van der Waals surface area contributed by atoms with Crippen LogP contribution in [0.5, 0.6) is 0 Å². The Kier molecular flexibility index (Phi) is 8.61. The molecule has 1 aromatic rings. The van der Waals surface area contributed by atoms with Crippen LogP contribution in [0.3, 0.4) is 0 Å². The van der Waals surface area contributed by atoms with Gasteiger partial charge in [-0.1, -0.05) is 6.07 Å². The Bertz CT molecular complexity index is 601. The fourth-order valence-corrected chi connectivity index (χ4v) is 4.50. The van der Waals surface area contributed by atoms with E-state index in [0.29, 0.717) is 31.0 Å². The maximum Gasteiger partial charge on any atom is 0.220 e. The summed E-state index contributed by atoms with van der Waals surface area (Å²) in [6, 6.07) is 5.28. The van der Waals surface area contributed by atoms with Crippen molar-refractivity contribution in [3.05, 3.63) is 23.9 Å². The average Bonchev–Trinajstić information content (AvgIpc) is 2.99. The molecule has 1 amide bonds. The summed E-state index contributed by atoms with van der Waals surface area (Å²) in [5, 5.41) is 6.76. The molecule has 3 fully saturated rings. The first-order chi connectivity index (χ1) is 12.3. The molecule has 2 atom stereocenters. The number of carbonyl (C=O) groups is 1. The highest BCUT2D eigenvalue weighted by Crippen LogP contribution is 2.32. The third-order valence-corrected chi connectivity index (χ3v) is 5.70. The Balaban J connectivity index is 0.00000131. The van der Waals surface area contributed by atoms with Crippen LogP contribution in [0.15, 0.2) is 18.3 Å². The molecule has 0 aliphatic carbocycles. The zero-order valence-electron chi connectivity index (χ0n) is 15.6. The number of anilines is 1. The maximum absolute atomic E-state index is 12.4. The lowest BCUT2D eigenvalue weighted by Gasteiger charge is -2.30. The van der Waals surface area contributed by atoms with Gasteiger partial charge in [-0.3, -0.25) is 4.79 Å². The topological polar surface area (TPSA) is 66.5 Å². The fourth-order valence-electron chi connectivity index (χ4n) is 4.50. The lowest BCUT2D eigenvalue weighted by atomic mass is 9.89. The van der Waals surface area contributed by atoms with Crippen molar-refractivity contribution in [3.63, 3.8) is 0 Å². The number of aromatic nitrogens is 1. The SMILES string of the molecule is Cl.Cl.O=C(CC1CC2CCC(C1)N2)NCc1cccnc1N1CCOCC1. The van der Waals surface area contributed by atoms with Gasteiger partial charge in [0, 0.05) is 49.9 Å². The molecule has 2 unspecified atom stereocenters. The average molecular weight is 417 g/mol. The summed E-state index contributed by atoms with van der Waals surface area (Å²) in [6.07, 6.45) is 7.33. The molecule has 8 heteroatoms. The highest BCUT2D eigenvalue weighted by atomic mass is 35.5. The molecule has 2 bridgehead atoms. The van der Waals surface area contributed by atoms with Crippen LogP contribution in [0.2, 0.25) is 0 Å². The Hall–Kier alpha value is -1.08. The molecule has 0 aromatic carbocycles. The summed E-state index contributed by atoms with van der Waals surface area (Å²) in [4.78, 5) is 19.2. The minimum absolute atomic E-state index is 0. The number of hydrogen-bond acceptors (Lipinski definition) is 5. The van der Waals surface area contributed by atoms with Gasteiger partial charge in [0.25, 0.3) is 0 Å². The van der Waals surface area contributed by atoms with E-state index in [0.717, 1.165) is 50.5 Å². The van der Waals surface area contributed by atoms with Crippen LogP contribution in [-0.2, 0) is 16.1 Å². The number of piperidine rings is 1. The zero-order chi connectivity index (χ0) is 17.1. The van der Waals surface area contributed by atoms with Gasteiger partial charge in [-0.25, -0.2) is 4.98 Å². The minimum atomic E-state index is 0. The molecule has 2 N–H and O–H groups in total. The number of carbonyl (C=O) groups excluding carboxylic acids is 1. The lowest BCUT2D eigenvalue weighted by Crippen LogP contribution is -2.40. The molecule has 3 aliphatic rings. The van der Waals surface area contributed by atoms with Gasteiger partial charge in [0.15, 0.2) is 0 Å². The van der Waals surface area contributed by atoms with E-state index in [-0.39, 0.29) is 30.7 Å². The van der Waals surface area contributed by atoms with Gasteiger partial charge in [-0.05, 0) is 37.7 Å². The minimum Gasteiger partial charge on any atom is -0.378 e. The van der Waals surface area contributed by atoms with Crippen molar-refractivity contribution in [2.24, 2.45) is 5.92 Å². The van der Waals surface area contributed by atoms with Crippen LogP contribution < -0.4 is 15.5 Å². The van der Waals surface area contributed by atoms with Gasteiger partial charge in [0.1, 0.15) is 5.82 Å². The highest BCUT2D eigenvalue weighted by molar-refractivity contribution is 5.85. The number of fused-ring (bicyclic) bond motifs is 2. The first-order valence-electron chi connectivity index (χ1n) is 9.57. The van der Waals surface area contributed by atoms with Gasteiger partial charge in [0.2, 0.25) is 5.91 Å². The molecule has 0 saturated carbocycles. The maximum atomic E-state index is 12.4. The molecule has 3 saturated heterocycles. The number of morpholine rings is 1. The predicted octanol–water partition coefficient (Wildman–Crippen LogP) is 2.30. The molecular formula is C19H30Cl2N4O2. The van der Waals surface area contributed by atoms with Crippen molar-refractivity contribution in [3.8, 4) is 0 Å². The van der Waals surface area contributed by atoms with E-state index in [1.54, 1.807) is 0 Å². The number of rotatable bonds is 5. The lowest BCUT2D eigenvalue weighted by molar-refractivity contribution is -0.122. The van der Waals surface area contributed by atoms with Crippen molar-refractivity contribution in [1.82, 2.24) is 15.6 Å². The summed E-state index contributed by atoms with van der Waals surface area (Å²) in [6.45, 7) is 3.74. The second-order valence-corrected chi connectivity index (χ2v) is 7.54. The Labute approximate surface area is 173 Å². The monoisotopic (exact) mass is 416 g/mol. The van der Waals surface area contributed by atoms with Crippen molar-refractivity contribution in [2.45, 2.75) is 50.7 Å². The number of nitrogens with zero attached hydrogens (tertiary/aromatic N) is 2. The van der Waals surface area contributed by atoms with Crippen LogP contribution >= 0.6 is 24.8 Å². The second kappa shape index (κ2) is 10.5. The molecule has 3 aliphatic heterocycles. The Morgan fingerprint density at radius 2 is 1.93 bits per heavy atom. The van der Waals surface area contributed by atoms with Crippen molar-refractivity contribution >= 4 is 36.5 Å². The number of ether oxygens (including phenoxy) is 1.